The van der Waals surface area contributed by atoms with Crippen molar-refractivity contribution in [2.75, 3.05) is 26.7 Å². The van der Waals surface area contributed by atoms with E-state index < -0.39 is 17.9 Å². The SMILES string of the molecule is CN1c2ccccc2N(c2nc3c4c(ccc3o2)Nc2ccccc2N4[Si](c2ccccc2)c2ccccc2)c2nc(-c3cn(C)c4c3[n-]c[n+]4C)ccc21.[Pd].[Pd].[c-]1coc2cccc(-c3ccc4c5ccccc5n(-c5nc6c(ccc7c8ccccc8n([Si](c8ccccc8)c8ccccc8)c76)o5)c4n3)c12. The van der Waals surface area contributed by atoms with Gasteiger partial charge in [-0.1, -0.05) is 200 Å². The van der Waals surface area contributed by atoms with Gasteiger partial charge >= 0.3 is 12.0 Å². The maximum atomic E-state index is 6.87. The average molecular weight is 1620 g/mol. The normalized spacial score (nSPS) is 12.4. The number of pyridine rings is 2. The van der Waals surface area contributed by atoms with Crippen molar-refractivity contribution < 1.29 is 58.7 Å². The second kappa shape index (κ2) is 26.5. The first kappa shape index (κ1) is 66.2. The fourth-order valence-corrected chi connectivity index (χ4v) is 21.4. The average Bonchev–Trinajstić information content (AvgIpc) is 1.52. The zero-order chi connectivity index (χ0) is 70.3. The number of oxazole rings is 2. The molecule has 16 nitrogen and oxygen atoms in total. The van der Waals surface area contributed by atoms with E-state index in [0.29, 0.717) is 17.6 Å². The number of para-hydroxylation sites is 6. The van der Waals surface area contributed by atoms with E-state index in [0.717, 1.165) is 140 Å². The van der Waals surface area contributed by atoms with Crippen molar-refractivity contribution in [2.45, 2.75) is 0 Å². The number of rotatable bonds is 10. The van der Waals surface area contributed by atoms with Gasteiger partial charge in [0.2, 0.25) is 17.9 Å². The molecule has 0 saturated heterocycles. The summed E-state index contributed by atoms with van der Waals surface area (Å²) in [5.41, 5.74) is 20.3. The molecule has 0 unspecified atom stereocenters. The summed E-state index contributed by atoms with van der Waals surface area (Å²) in [6.45, 7) is 0. The summed E-state index contributed by atoms with van der Waals surface area (Å²) in [4.78, 5) is 30.5. The van der Waals surface area contributed by atoms with E-state index in [-0.39, 0.29) is 40.8 Å². The summed E-state index contributed by atoms with van der Waals surface area (Å²) < 4.78 is 30.6. The number of nitrogens with one attached hydrogen (secondary N) is 1. The standard InChI is InChI=1S/C44H34N9OSi.C44H26N4O2Si.2Pd/c1-49-26-30(39-43(49)50(2)27-45-39)31-22-24-37-42(47-31)52(36-21-13-12-20-35(36)51(37)3)44-48-40-38(54-44)25-23-33-41(40)53(34-19-11-10-18-32(34)46-33)55(28-14-6-4-7-15-28)29-16-8-5-9-17-29;1-3-12-28(13-4-1)51(29-14-5-2-6-15-29)48-38-20-10-8-16-31(38)34-23-25-40-41(42(34)48)46-44(50-40)47-37-19-9-7-17-32(37)35-22-24-36(45-43(35)47)30-18-11-21-39-33(30)26-27-49-39;;/h4-27,46H,1-3H3;1-25,27H;;/q;-1;;. The fraction of sp³-hybridized carbons (Fsp3) is 0.0341. The molecule has 9 aromatic heterocycles. The fourth-order valence-electron chi connectivity index (χ4n) is 15.9. The Labute approximate surface area is 649 Å². The Balaban J connectivity index is 0.000000145. The van der Waals surface area contributed by atoms with Gasteiger partial charge in [0.05, 0.1) is 62.9 Å². The van der Waals surface area contributed by atoms with Gasteiger partial charge in [-0.25, -0.2) is 24.4 Å². The van der Waals surface area contributed by atoms with E-state index in [1.165, 1.54) is 31.6 Å². The molecule has 108 heavy (non-hydrogen) atoms. The third kappa shape index (κ3) is 10.5. The van der Waals surface area contributed by atoms with Crippen molar-refractivity contribution in [3.63, 3.8) is 0 Å². The van der Waals surface area contributed by atoms with Crippen LogP contribution in [0.25, 0.3) is 117 Å². The number of hydrogen-bond acceptors (Lipinski definition) is 11. The molecule has 0 bridgehead atoms. The smallest absolute Gasteiger partial charge is 0.309 e. The van der Waals surface area contributed by atoms with E-state index >= 15 is 0 Å². The molecule has 11 aromatic carbocycles. The number of furan rings is 1. The summed E-state index contributed by atoms with van der Waals surface area (Å²) in [7, 11) is 2.99. The monoisotopic (exact) mass is 1610 g/mol. The maximum Gasteiger partial charge on any atom is 0.309 e. The third-order valence-corrected chi connectivity index (χ3v) is 25.9. The summed E-state index contributed by atoms with van der Waals surface area (Å²) in [6.07, 6.45) is 5.55. The van der Waals surface area contributed by atoms with Crippen LogP contribution in [-0.2, 0) is 54.9 Å². The number of hydrogen-bond donors (Lipinski definition) is 1. The Morgan fingerprint density at radius 3 is 1.78 bits per heavy atom. The first-order valence-electron chi connectivity index (χ1n) is 35.1. The number of imidazole rings is 1. The van der Waals surface area contributed by atoms with Gasteiger partial charge in [0, 0.05) is 118 Å². The summed E-state index contributed by atoms with van der Waals surface area (Å²) >= 11 is 0. The van der Waals surface area contributed by atoms with Crippen LogP contribution in [0.1, 0.15) is 0 Å². The molecular weight excluding hydrogens is 1560 g/mol. The Morgan fingerprint density at radius 1 is 0.463 bits per heavy atom. The molecule has 0 amide bonds. The molecule has 22 rings (SSSR count). The van der Waals surface area contributed by atoms with Crippen LogP contribution >= 0.6 is 0 Å². The molecule has 2 aliphatic heterocycles. The predicted octanol–water partition coefficient (Wildman–Crippen LogP) is 17.0. The second-order valence-corrected chi connectivity index (χ2v) is 31.3. The predicted molar refractivity (Wildman–Crippen MR) is 427 cm³/mol. The topological polar surface area (TPSA) is 146 Å². The molecule has 0 saturated carbocycles. The molecule has 0 aliphatic carbocycles. The molecule has 2 radical (unpaired) electrons. The second-order valence-electron chi connectivity index (χ2n) is 26.7. The summed E-state index contributed by atoms with van der Waals surface area (Å²) in [5, 5.41) is 14.2. The first-order valence-corrected chi connectivity index (χ1v) is 38.0. The number of aromatic nitrogens is 9. The van der Waals surface area contributed by atoms with Gasteiger partial charge in [-0.15, -0.1) is 17.5 Å². The van der Waals surface area contributed by atoms with E-state index in [1.54, 1.807) is 6.26 Å². The van der Waals surface area contributed by atoms with Gasteiger partial charge in [-0.05, 0) is 106 Å². The van der Waals surface area contributed by atoms with Gasteiger partial charge in [0.25, 0.3) is 0 Å². The van der Waals surface area contributed by atoms with Crippen molar-refractivity contribution >= 4 is 178 Å². The maximum absolute atomic E-state index is 6.87. The molecule has 0 atom stereocenters. The van der Waals surface area contributed by atoms with Crippen LogP contribution in [0.5, 0.6) is 0 Å². The summed E-state index contributed by atoms with van der Waals surface area (Å²) in [5.74, 6) is 0.728. The Morgan fingerprint density at radius 2 is 1.05 bits per heavy atom. The number of benzene rings is 11. The van der Waals surface area contributed by atoms with E-state index in [4.69, 9.17) is 38.2 Å². The van der Waals surface area contributed by atoms with Crippen LogP contribution in [0.4, 0.5) is 51.6 Å². The van der Waals surface area contributed by atoms with E-state index in [2.05, 4.69) is 307 Å². The third-order valence-electron chi connectivity index (χ3n) is 20.6. The molecule has 20 heteroatoms. The molecule has 1 N–H and O–H groups in total. The van der Waals surface area contributed by atoms with Gasteiger partial charge < -0.3 is 41.4 Å². The molecule has 0 spiro atoms. The Bertz CT molecular complexity index is 6800. The number of nitrogens with zero attached hydrogens (tertiary/aromatic N) is 12. The summed E-state index contributed by atoms with van der Waals surface area (Å²) in [6, 6.07) is 104. The van der Waals surface area contributed by atoms with Crippen LogP contribution in [0, 0.1) is 6.07 Å². The zero-order valence-electron chi connectivity index (χ0n) is 58.1. The van der Waals surface area contributed by atoms with Crippen molar-refractivity contribution in [1.82, 2.24) is 38.3 Å². The van der Waals surface area contributed by atoms with Crippen molar-refractivity contribution in [3.05, 3.63) is 310 Å². The van der Waals surface area contributed by atoms with Crippen LogP contribution < -0.4 is 50.0 Å². The molecule has 11 heterocycles. The van der Waals surface area contributed by atoms with Crippen LogP contribution in [0.3, 0.4) is 0 Å². The Kier molecular flexibility index (Phi) is 16.3. The molecule has 2 aliphatic rings. The first-order chi connectivity index (χ1) is 52.3. The minimum atomic E-state index is -1.61. The van der Waals surface area contributed by atoms with Gasteiger partial charge in [-0.2, -0.15) is 9.97 Å². The minimum absolute atomic E-state index is 0. The molecule has 524 valence electrons. The molecule has 20 aromatic rings. The quantitative estimate of drug-likeness (QED) is 0.0790. The van der Waals surface area contributed by atoms with Crippen molar-refractivity contribution in [2.24, 2.45) is 14.1 Å². The minimum Gasteiger partial charge on any atom is -0.535 e. The zero-order valence-corrected chi connectivity index (χ0v) is 63.2. The van der Waals surface area contributed by atoms with Crippen molar-refractivity contribution in [3.8, 4) is 28.5 Å². The van der Waals surface area contributed by atoms with Crippen LogP contribution in [-0.4, -0.2) is 58.3 Å². The molecule has 0 fully saturated rings. The van der Waals surface area contributed by atoms with Crippen molar-refractivity contribution in [1.29, 1.82) is 0 Å². The van der Waals surface area contributed by atoms with Gasteiger partial charge in [-0.3, -0.25) is 0 Å². The van der Waals surface area contributed by atoms with Gasteiger partial charge in [0.15, 0.2) is 17.0 Å². The van der Waals surface area contributed by atoms with Gasteiger partial charge in [0.1, 0.15) is 27.8 Å². The number of anilines is 9. The number of aryl methyl sites for hydroxylation is 2. The molecular formula is C88H60N13O3Pd2Si2-. The number of fused-ring (bicyclic) bond motifs is 16. The van der Waals surface area contributed by atoms with E-state index in [9.17, 15) is 0 Å². The largest absolute Gasteiger partial charge is 0.535 e. The Hall–Kier alpha value is -12.5. The van der Waals surface area contributed by atoms with E-state index in [1.807, 2.05) is 55.3 Å². The van der Waals surface area contributed by atoms with Crippen LogP contribution in [0.15, 0.2) is 317 Å². The van der Waals surface area contributed by atoms with Crippen LogP contribution in [0.2, 0.25) is 0 Å².